The number of unbranched alkanes of at least 4 members (excludes halogenated alkanes) is 2. The topological polar surface area (TPSA) is 98.0 Å². The van der Waals surface area contributed by atoms with Crippen molar-refractivity contribution in [3.63, 3.8) is 0 Å². The summed E-state index contributed by atoms with van der Waals surface area (Å²) in [6, 6.07) is 6.53. The number of hydrogen-bond acceptors (Lipinski definition) is 4. The summed E-state index contributed by atoms with van der Waals surface area (Å²) in [7, 11) is 0. The molecular formula is C23H32O5. The Morgan fingerprint density at radius 3 is 2.46 bits per heavy atom. The van der Waals surface area contributed by atoms with Crippen molar-refractivity contribution in [1.29, 1.82) is 0 Å². The monoisotopic (exact) mass is 388 g/mol. The number of aromatic carboxylic acids is 1. The van der Waals surface area contributed by atoms with E-state index in [1.807, 2.05) is 6.08 Å². The van der Waals surface area contributed by atoms with Crippen LogP contribution in [0.3, 0.4) is 0 Å². The van der Waals surface area contributed by atoms with Crippen LogP contribution in [-0.4, -0.2) is 44.7 Å². The number of carbonyl (C=O) groups is 1. The van der Waals surface area contributed by atoms with Crippen LogP contribution in [-0.2, 0) is 0 Å². The first-order valence-corrected chi connectivity index (χ1v) is 10.1. The number of aliphatic hydroxyl groups is 3. The van der Waals surface area contributed by atoms with Gasteiger partial charge in [0, 0.05) is 24.2 Å². The van der Waals surface area contributed by atoms with E-state index in [0.29, 0.717) is 6.42 Å². The number of carboxylic acids is 1. The summed E-state index contributed by atoms with van der Waals surface area (Å²) in [5.74, 6) is -1.82. The van der Waals surface area contributed by atoms with E-state index in [-0.39, 0.29) is 29.7 Å². The van der Waals surface area contributed by atoms with Crippen molar-refractivity contribution in [3.8, 4) is 0 Å². The van der Waals surface area contributed by atoms with Gasteiger partial charge in [-0.15, -0.1) is 6.58 Å². The molecule has 0 spiro atoms. The minimum Gasteiger partial charge on any atom is -0.478 e. The predicted octanol–water partition coefficient (Wildman–Crippen LogP) is 3.51. The van der Waals surface area contributed by atoms with Gasteiger partial charge in [0.05, 0.1) is 23.9 Å². The van der Waals surface area contributed by atoms with Crippen LogP contribution in [0.5, 0.6) is 0 Å². The van der Waals surface area contributed by atoms with Gasteiger partial charge in [-0.3, -0.25) is 0 Å². The lowest BCUT2D eigenvalue weighted by Gasteiger charge is -2.28. The van der Waals surface area contributed by atoms with E-state index in [0.717, 1.165) is 24.8 Å². The fourth-order valence-electron chi connectivity index (χ4n) is 4.13. The van der Waals surface area contributed by atoms with E-state index < -0.39 is 24.3 Å². The van der Waals surface area contributed by atoms with E-state index in [1.165, 1.54) is 12.1 Å². The minimum absolute atomic E-state index is 0.199. The standard InChI is InChI=1S/C23H32O5/c1-3-5-6-7-17(24)12-13-19-20(25)14-21(26)22(19)18(4-2)15-8-10-16(11-9-15)23(27)28/h4,8-13,17-22,24-26H,2-3,5-7,14H2,1H3,(H,27,28)/b13-12+/t17?,18-,19-,20?,21-,22+/m1/s1. The van der Waals surface area contributed by atoms with E-state index in [1.54, 1.807) is 24.3 Å². The Hall–Kier alpha value is -1.95. The molecule has 5 heteroatoms. The van der Waals surface area contributed by atoms with Gasteiger partial charge in [0.25, 0.3) is 0 Å². The Bertz CT molecular complexity index is 666. The van der Waals surface area contributed by atoms with Crippen LogP contribution in [0.25, 0.3) is 0 Å². The molecule has 1 saturated carbocycles. The molecule has 6 atom stereocenters. The molecule has 154 valence electrons. The number of benzene rings is 1. The van der Waals surface area contributed by atoms with E-state index in [2.05, 4.69) is 13.5 Å². The highest BCUT2D eigenvalue weighted by Gasteiger charge is 2.44. The third kappa shape index (κ3) is 5.53. The van der Waals surface area contributed by atoms with Gasteiger partial charge in [-0.25, -0.2) is 4.79 Å². The van der Waals surface area contributed by atoms with Crippen molar-refractivity contribution in [3.05, 3.63) is 60.2 Å². The molecule has 1 aliphatic rings. The first-order valence-electron chi connectivity index (χ1n) is 10.1. The van der Waals surface area contributed by atoms with E-state index in [4.69, 9.17) is 5.11 Å². The molecule has 0 bridgehead atoms. The van der Waals surface area contributed by atoms with E-state index >= 15 is 0 Å². The molecular weight excluding hydrogens is 356 g/mol. The summed E-state index contributed by atoms with van der Waals surface area (Å²) in [5.41, 5.74) is 1.05. The molecule has 0 heterocycles. The highest BCUT2D eigenvalue weighted by Crippen LogP contribution is 2.43. The van der Waals surface area contributed by atoms with Gasteiger partial charge < -0.3 is 20.4 Å². The third-order valence-corrected chi connectivity index (χ3v) is 5.69. The van der Waals surface area contributed by atoms with Crippen molar-refractivity contribution >= 4 is 5.97 Å². The van der Waals surface area contributed by atoms with Crippen LogP contribution < -0.4 is 0 Å². The average molecular weight is 389 g/mol. The van der Waals surface area contributed by atoms with Crippen molar-refractivity contribution < 1.29 is 25.2 Å². The molecule has 0 amide bonds. The predicted molar refractivity (Wildman–Crippen MR) is 109 cm³/mol. The highest BCUT2D eigenvalue weighted by atomic mass is 16.4. The average Bonchev–Trinajstić information content (AvgIpc) is 2.95. The maximum Gasteiger partial charge on any atom is 0.335 e. The molecule has 5 nitrogen and oxygen atoms in total. The molecule has 4 N–H and O–H groups in total. The lowest BCUT2D eigenvalue weighted by Crippen LogP contribution is -2.26. The molecule has 1 aromatic carbocycles. The fraction of sp³-hybridized carbons (Fsp3) is 0.522. The van der Waals surface area contributed by atoms with E-state index in [9.17, 15) is 20.1 Å². The number of rotatable bonds is 10. The molecule has 1 fully saturated rings. The molecule has 2 unspecified atom stereocenters. The maximum atomic E-state index is 11.1. The van der Waals surface area contributed by atoms with Gasteiger partial charge in [0.15, 0.2) is 0 Å². The van der Waals surface area contributed by atoms with Gasteiger partial charge in [-0.2, -0.15) is 0 Å². The lowest BCUT2D eigenvalue weighted by atomic mass is 9.78. The van der Waals surface area contributed by atoms with Crippen molar-refractivity contribution in [2.24, 2.45) is 11.8 Å². The Labute approximate surface area is 167 Å². The zero-order chi connectivity index (χ0) is 20.7. The maximum absolute atomic E-state index is 11.1. The first kappa shape index (κ1) is 22.3. The van der Waals surface area contributed by atoms with Crippen molar-refractivity contribution in [2.75, 3.05) is 0 Å². The van der Waals surface area contributed by atoms with Crippen molar-refractivity contribution in [2.45, 2.75) is 63.3 Å². The normalized spacial score (nSPS) is 27.0. The number of aliphatic hydroxyl groups excluding tert-OH is 3. The minimum atomic E-state index is -0.990. The summed E-state index contributed by atoms with van der Waals surface area (Å²) in [6.07, 6.45) is 7.39. The largest absolute Gasteiger partial charge is 0.478 e. The summed E-state index contributed by atoms with van der Waals surface area (Å²) in [6.45, 7) is 6.01. The van der Waals surface area contributed by atoms with Gasteiger partial charge in [-0.1, -0.05) is 56.5 Å². The molecule has 28 heavy (non-hydrogen) atoms. The second-order valence-electron chi connectivity index (χ2n) is 7.66. The van der Waals surface area contributed by atoms with Gasteiger partial charge in [0.1, 0.15) is 0 Å². The highest BCUT2D eigenvalue weighted by molar-refractivity contribution is 5.87. The molecule has 0 aromatic heterocycles. The Morgan fingerprint density at radius 1 is 1.21 bits per heavy atom. The second kappa shape index (κ2) is 10.6. The SMILES string of the molecule is C=C[C@H](c1ccc(C(=O)O)cc1)[C@@H]1[C@H](O)CC(O)[C@H]1/C=C/C(O)CCCCC. The molecule has 0 radical (unpaired) electrons. The zero-order valence-electron chi connectivity index (χ0n) is 16.4. The third-order valence-electron chi connectivity index (χ3n) is 5.69. The Kier molecular flexibility index (Phi) is 8.42. The Morgan fingerprint density at radius 2 is 1.89 bits per heavy atom. The molecule has 2 rings (SSSR count). The summed E-state index contributed by atoms with van der Waals surface area (Å²) < 4.78 is 0. The lowest BCUT2D eigenvalue weighted by molar-refractivity contribution is 0.0696. The van der Waals surface area contributed by atoms with Gasteiger partial charge >= 0.3 is 5.97 Å². The van der Waals surface area contributed by atoms with Crippen LogP contribution in [0, 0.1) is 11.8 Å². The zero-order valence-corrected chi connectivity index (χ0v) is 16.4. The Balaban J connectivity index is 2.18. The second-order valence-corrected chi connectivity index (χ2v) is 7.66. The van der Waals surface area contributed by atoms with Crippen LogP contribution >= 0.6 is 0 Å². The van der Waals surface area contributed by atoms with Crippen molar-refractivity contribution in [1.82, 2.24) is 0 Å². The fourth-order valence-corrected chi connectivity index (χ4v) is 4.13. The molecule has 1 aromatic rings. The van der Waals surface area contributed by atoms with Crippen LogP contribution in [0.4, 0.5) is 0 Å². The van der Waals surface area contributed by atoms with Crippen LogP contribution in [0.2, 0.25) is 0 Å². The number of carboxylic acid groups (broad SMARTS) is 1. The van der Waals surface area contributed by atoms with Gasteiger partial charge in [0.2, 0.25) is 0 Å². The van der Waals surface area contributed by atoms with Crippen LogP contribution in [0.15, 0.2) is 49.1 Å². The smallest absolute Gasteiger partial charge is 0.335 e. The van der Waals surface area contributed by atoms with Crippen LogP contribution in [0.1, 0.15) is 60.9 Å². The molecule has 0 saturated heterocycles. The summed E-state index contributed by atoms with van der Waals surface area (Å²) in [4.78, 5) is 11.1. The number of hydrogen-bond donors (Lipinski definition) is 4. The molecule has 1 aliphatic carbocycles. The number of allylic oxidation sites excluding steroid dienone is 1. The summed E-state index contributed by atoms with van der Waals surface area (Å²) >= 11 is 0. The first-order chi connectivity index (χ1) is 13.4. The molecule has 0 aliphatic heterocycles. The summed E-state index contributed by atoms with van der Waals surface area (Å²) in [5, 5.41) is 40.3. The quantitative estimate of drug-likeness (QED) is 0.363. The van der Waals surface area contributed by atoms with Gasteiger partial charge in [-0.05, 0) is 24.1 Å².